The average molecular weight is 579 g/mol. The van der Waals surface area contributed by atoms with Crippen molar-refractivity contribution in [3.8, 4) is 17.2 Å². The third-order valence-electron chi connectivity index (χ3n) is 8.01. The lowest BCUT2D eigenvalue weighted by Gasteiger charge is -2.27. The van der Waals surface area contributed by atoms with Crippen LogP contribution in [0.25, 0.3) is 5.76 Å². The number of rotatable bonds is 14. The van der Waals surface area contributed by atoms with Gasteiger partial charge in [-0.3, -0.25) is 9.59 Å². The van der Waals surface area contributed by atoms with E-state index in [-0.39, 0.29) is 17.4 Å². The number of fused-ring (bicyclic) bond motifs is 1. The first-order chi connectivity index (χ1) is 20.2. The zero-order valence-electron chi connectivity index (χ0n) is 25.9. The van der Waals surface area contributed by atoms with Gasteiger partial charge in [-0.2, -0.15) is 0 Å². The van der Waals surface area contributed by atoms with Gasteiger partial charge in [-0.1, -0.05) is 33.8 Å². The number of ether oxygens (including phenoxy) is 3. The van der Waals surface area contributed by atoms with Crippen LogP contribution in [0.3, 0.4) is 0 Å². The Hall–Kier alpha value is -3.52. The third-order valence-corrected chi connectivity index (χ3v) is 8.01. The van der Waals surface area contributed by atoms with Crippen molar-refractivity contribution >= 4 is 17.4 Å². The molecule has 2 unspecified atom stereocenters. The van der Waals surface area contributed by atoms with E-state index in [1.165, 1.54) is 0 Å². The minimum absolute atomic E-state index is 0.0482. The molecule has 1 N–H and O–H groups in total. The van der Waals surface area contributed by atoms with Crippen molar-refractivity contribution in [2.24, 2.45) is 5.92 Å². The van der Waals surface area contributed by atoms with Gasteiger partial charge in [-0.25, -0.2) is 0 Å². The number of carbonyl (C=O) groups excluding carboxylic acids is 2. The molecule has 0 bridgehead atoms. The van der Waals surface area contributed by atoms with E-state index < -0.39 is 17.7 Å². The van der Waals surface area contributed by atoms with Crippen molar-refractivity contribution in [2.75, 3.05) is 39.4 Å². The minimum atomic E-state index is -0.756. The van der Waals surface area contributed by atoms with Gasteiger partial charge in [0.05, 0.1) is 24.8 Å². The van der Waals surface area contributed by atoms with Crippen LogP contribution in [0.4, 0.5) is 0 Å². The molecule has 0 aliphatic carbocycles. The summed E-state index contributed by atoms with van der Waals surface area (Å²) in [4.78, 5) is 31.0. The largest absolute Gasteiger partial charge is 0.507 e. The fourth-order valence-corrected chi connectivity index (χ4v) is 5.67. The van der Waals surface area contributed by atoms with Gasteiger partial charge in [0.15, 0.2) is 11.5 Å². The molecule has 8 nitrogen and oxygen atoms in total. The summed E-state index contributed by atoms with van der Waals surface area (Å²) in [5.41, 5.74) is 2.25. The van der Waals surface area contributed by atoms with E-state index in [1.54, 1.807) is 11.0 Å². The first kappa shape index (κ1) is 31.4. The molecule has 0 radical (unpaired) electrons. The van der Waals surface area contributed by atoms with E-state index in [2.05, 4.69) is 32.6 Å². The molecule has 1 fully saturated rings. The van der Waals surface area contributed by atoms with Crippen LogP contribution >= 0.6 is 0 Å². The van der Waals surface area contributed by atoms with Gasteiger partial charge in [0, 0.05) is 18.5 Å². The summed E-state index contributed by atoms with van der Waals surface area (Å²) in [6.45, 7) is 16.4. The van der Waals surface area contributed by atoms with Crippen LogP contribution in [0, 0.1) is 5.92 Å². The topological polar surface area (TPSA) is 88.5 Å². The quantitative estimate of drug-likeness (QED) is 0.167. The zero-order chi connectivity index (χ0) is 30.4. The summed E-state index contributed by atoms with van der Waals surface area (Å²) in [6, 6.07) is 10.2. The van der Waals surface area contributed by atoms with Crippen LogP contribution in [0.5, 0.6) is 17.2 Å². The van der Waals surface area contributed by atoms with E-state index in [4.69, 9.17) is 14.2 Å². The predicted molar refractivity (Wildman–Crippen MR) is 164 cm³/mol. The molecule has 228 valence electrons. The molecule has 2 aliphatic heterocycles. The number of aliphatic hydroxyl groups excluding tert-OH is 1. The highest BCUT2D eigenvalue weighted by molar-refractivity contribution is 6.46. The van der Waals surface area contributed by atoms with Crippen molar-refractivity contribution in [3.05, 3.63) is 58.7 Å². The van der Waals surface area contributed by atoms with Gasteiger partial charge in [0.2, 0.25) is 0 Å². The zero-order valence-corrected chi connectivity index (χ0v) is 25.9. The first-order valence-electron chi connectivity index (χ1n) is 15.4. The normalized spacial score (nSPS) is 19.5. The monoisotopic (exact) mass is 578 g/mol. The Morgan fingerprint density at radius 1 is 1.07 bits per heavy atom. The maximum absolute atomic E-state index is 13.6. The first-order valence-corrected chi connectivity index (χ1v) is 15.4. The smallest absolute Gasteiger partial charge is 0.295 e. The van der Waals surface area contributed by atoms with Crippen molar-refractivity contribution in [3.63, 3.8) is 0 Å². The molecular weight excluding hydrogens is 532 g/mol. The summed E-state index contributed by atoms with van der Waals surface area (Å²) in [7, 11) is 0. The summed E-state index contributed by atoms with van der Waals surface area (Å²) in [5.74, 6) is 0.993. The maximum Gasteiger partial charge on any atom is 0.295 e. The molecule has 0 aromatic heterocycles. The number of hydrogen-bond acceptors (Lipinski definition) is 7. The molecule has 2 aromatic carbocycles. The molecule has 1 amide bonds. The second kappa shape index (κ2) is 14.1. The van der Waals surface area contributed by atoms with Crippen LogP contribution in [0.1, 0.15) is 77.1 Å². The number of hydrogen-bond donors (Lipinski definition) is 1. The fraction of sp³-hybridized carbons (Fsp3) is 0.529. The molecule has 2 aromatic rings. The molecule has 2 heterocycles. The minimum Gasteiger partial charge on any atom is -0.507 e. The Morgan fingerprint density at radius 3 is 2.52 bits per heavy atom. The number of Topliss-reactive ketones (excluding diaryl/α,β-unsaturated/α-hetero) is 1. The number of ketones is 1. The van der Waals surface area contributed by atoms with E-state index >= 15 is 0 Å². The van der Waals surface area contributed by atoms with Crippen molar-refractivity contribution in [2.45, 2.75) is 73.0 Å². The lowest BCUT2D eigenvalue weighted by Crippen LogP contribution is -2.33. The summed E-state index contributed by atoms with van der Waals surface area (Å²) < 4.78 is 17.8. The Kier molecular flexibility index (Phi) is 10.5. The van der Waals surface area contributed by atoms with Crippen molar-refractivity contribution < 1.29 is 28.9 Å². The highest BCUT2D eigenvalue weighted by Crippen LogP contribution is 2.43. The Labute approximate surface area is 250 Å². The van der Waals surface area contributed by atoms with Crippen LogP contribution < -0.4 is 14.2 Å². The standard InChI is InChI=1S/C34H46N2O6/c1-7-35(8-2)16-10-17-36-31(24-11-14-28(29(21-24)40-9-3)41-18-15-22(4)5)30(33(38)34(36)39)32(37)25-12-13-27-26(20-25)19-23(6)42-27/h11-14,20-23,31,37H,7-10,15-19H2,1-6H3/b32-30-. The van der Waals surface area contributed by atoms with E-state index in [0.717, 1.165) is 43.8 Å². The highest BCUT2D eigenvalue weighted by Gasteiger charge is 2.46. The predicted octanol–water partition coefficient (Wildman–Crippen LogP) is 5.99. The van der Waals surface area contributed by atoms with Crippen molar-refractivity contribution in [1.29, 1.82) is 0 Å². The maximum atomic E-state index is 13.6. The SMILES string of the molecule is CCOc1cc(C2/C(=C(/O)c3ccc4c(c3)CC(C)O4)C(=O)C(=O)N2CCCN(CC)CC)ccc1OCCC(C)C. The number of benzene rings is 2. The molecule has 8 heteroatoms. The van der Waals surface area contributed by atoms with Crippen molar-refractivity contribution in [1.82, 2.24) is 9.80 Å². The van der Waals surface area contributed by atoms with Gasteiger partial charge < -0.3 is 29.1 Å². The molecule has 0 spiro atoms. The van der Waals surface area contributed by atoms with E-state index in [0.29, 0.717) is 54.7 Å². The Balaban J connectivity index is 1.75. The second-order valence-corrected chi connectivity index (χ2v) is 11.5. The van der Waals surface area contributed by atoms with Gasteiger partial charge >= 0.3 is 0 Å². The molecule has 1 saturated heterocycles. The summed E-state index contributed by atoms with van der Waals surface area (Å²) in [6.07, 6.45) is 2.38. The Morgan fingerprint density at radius 2 is 1.83 bits per heavy atom. The number of nitrogens with zero attached hydrogens (tertiary/aromatic N) is 2. The van der Waals surface area contributed by atoms with Gasteiger partial charge in [0.25, 0.3) is 11.7 Å². The number of aliphatic hydroxyl groups is 1. The number of likely N-dealkylation sites (tertiary alicyclic amines) is 1. The number of carbonyl (C=O) groups is 2. The van der Waals surface area contributed by atoms with Gasteiger partial charge in [-0.15, -0.1) is 0 Å². The lowest BCUT2D eigenvalue weighted by molar-refractivity contribution is -0.140. The van der Waals surface area contributed by atoms with Crippen LogP contribution in [0.2, 0.25) is 0 Å². The Bertz CT molecular complexity index is 1300. The fourth-order valence-electron chi connectivity index (χ4n) is 5.67. The highest BCUT2D eigenvalue weighted by atomic mass is 16.5. The number of amides is 1. The van der Waals surface area contributed by atoms with Crippen LogP contribution in [0.15, 0.2) is 42.0 Å². The van der Waals surface area contributed by atoms with Gasteiger partial charge in [-0.05, 0) is 93.7 Å². The van der Waals surface area contributed by atoms with Gasteiger partial charge in [0.1, 0.15) is 17.6 Å². The lowest BCUT2D eigenvalue weighted by atomic mass is 9.94. The van der Waals surface area contributed by atoms with Crippen LogP contribution in [-0.2, 0) is 16.0 Å². The molecule has 2 aliphatic rings. The second-order valence-electron chi connectivity index (χ2n) is 11.5. The average Bonchev–Trinajstić information content (AvgIpc) is 3.46. The molecule has 42 heavy (non-hydrogen) atoms. The van der Waals surface area contributed by atoms with E-state index in [1.807, 2.05) is 44.2 Å². The third kappa shape index (κ3) is 6.92. The molecule has 4 rings (SSSR count). The molecular formula is C34H46N2O6. The van der Waals surface area contributed by atoms with E-state index in [9.17, 15) is 14.7 Å². The summed E-state index contributed by atoms with van der Waals surface area (Å²) in [5, 5.41) is 11.6. The van der Waals surface area contributed by atoms with Crippen LogP contribution in [-0.4, -0.2) is 72.1 Å². The summed E-state index contributed by atoms with van der Waals surface area (Å²) >= 11 is 0. The molecule has 0 saturated carbocycles. The molecule has 2 atom stereocenters.